The molecule has 47 heavy (non-hydrogen) atoms. The molecule has 0 saturated carbocycles. The van der Waals surface area contributed by atoms with Gasteiger partial charge in [0.1, 0.15) is 24.4 Å². The van der Waals surface area contributed by atoms with Crippen molar-refractivity contribution < 1.29 is 77.6 Å². The molecule has 0 aromatic rings. The van der Waals surface area contributed by atoms with Crippen LogP contribution in [0.5, 0.6) is 0 Å². The second kappa shape index (κ2) is 33.8. The molecule has 16 nitrogen and oxygen atoms in total. The Morgan fingerprint density at radius 1 is 0.340 bits per heavy atom. The van der Waals surface area contributed by atoms with Crippen molar-refractivity contribution in [3.05, 3.63) is 0 Å². The highest BCUT2D eigenvalue weighted by Gasteiger charge is 2.49. The summed E-state index contributed by atoms with van der Waals surface area (Å²) in [4.78, 5) is 0. The van der Waals surface area contributed by atoms with Crippen LogP contribution in [0, 0.1) is 0 Å². The molecule has 0 aromatic heterocycles. The first-order valence-electron chi connectivity index (χ1n) is 16.9. The van der Waals surface area contributed by atoms with E-state index in [9.17, 15) is 0 Å². The van der Waals surface area contributed by atoms with Gasteiger partial charge in [0.05, 0.1) is 72.7 Å². The number of aliphatic hydroxyl groups excluding tert-OH is 5. The average Bonchev–Trinajstić information content (AvgIpc) is 3.08. The number of aliphatic hydroxyl groups is 5. The summed E-state index contributed by atoms with van der Waals surface area (Å²) in [7, 11) is 0. The van der Waals surface area contributed by atoms with Gasteiger partial charge in [0.25, 0.3) is 0 Å². The lowest BCUT2D eigenvalue weighted by molar-refractivity contribution is -0.326. The highest BCUT2D eigenvalue weighted by atomic mass is 16.7. The first kappa shape index (κ1) is 44.4. The van der Waals surface area contributed by atoms with Crippen molar-refractivity contribution in [2.45, 2.75) is 62.8 Å². The molecule has 1 aliphatic rings. The normalized spacial score (nSPS) is 21.5. The van der Waals surface area contributed by atoms with Crippen LogP contribution in [0.4, 0.5) is 0 Å². The van der Waals surface area contributed by atoms with Crippen molar-refractivity contribution in [3.8, 4) is 0 Å². The highest BCUT2D eigenvalue weighted by Crippen LogP contribution is 2.29. The van der Waals surface area contributed by atoms with Crippen molar-refractivity contribution in [2.75, 3.05) is 139 Å². The number of hydrogen-bond acceptors (Lipinski definition) is 16. The first-order valence-corrected chi connectivity index (χ1v) is 16.9. The Labute approximate surface area is 279 Å². The molecule has 0 unspecified atom stereocenters. The summed E-state index contributed by atoms with van der Waals surface area (Å²) < 4.78 is 65.1. The van der Waals surface area contributed by atoms with Crippen LogP contribution in [-0.4, -0.2) is 195 Å². The largest absolute Gasteiger partial charge is 0.396 e. The maximum absolute atomic E-state index is 9.06. The summed E-state index contributed by atoms with van der Waals surface area (Å²) in [5.41, 5.74) is 0. The van der Waals surface area contributed by atoms with E-state index in [1.165, 1.54) is 0 Å². The van der Waals surface area contributed by atoms with Crippen LogP contribution in [-0.2, 0) is 52.1 Å². The maximum atomic E-state index is 9.06. The lowest BCUT2D eigenvalue weighted by Crippen LogP contribution is -2.62. The van der Waals surface area contributed by atoms with Crippen molar-refractivity contribution in [1.82, 2.24) is 0 Å². The van der Waals surface area contributed by atoms with Gasteiger partial charge in [-0.2, -0.15) is 0 Å². The Hall–Kier alpha value is -0.640. The highest BCUT2D eigenvalue weighted by molar-refractivity contribution is 4.93. The zero-order valence-electron chi connectivity index (χ0n) is 28.0. The third-order valence-corrected chi connectivity index (χ3v) is 6.60. The predicted molar refractivity (Wildman–Crippen MR) is 167 cm³/mol. The molecule has 1 rings (SSSR count). The van der Waals surface area contributed by atoms with Gasteiger partial charge in [0.2, 0.25) is 0 Å². The molecule has 1 heterocycles. The van der Waals surface area contributed by atoms with Crippen LogP contribution in [0.1, 0.15) is 32.1 Å². The molecule has 5 atom stereocenters. The van der Waals surface area contributed by atoms with E-state index >= 15 is 0 Å². The monoisotopic (exact) mass is 690 g/mol. The molecule has 1 fully saturated rings. The van der Waals surface area contributed by atoms with E-state index in [1.54, 1.807) is 0 Å². The van der Waals surface area contributed by atoms with Crippen LogP contribution >= 0.6 is 0 Å². The molecule has 0 aromatic carbocycles. The van der Waals surface area contributed by atoms with Gasteiger partial charge < -0.3 is 77.6 Å². The van der Waals surface area contributed by atoms with Gasteiger partial charge in [-0.3, -0.25) is 0 Å². The smallest absolute Gasteiger partial charge is 0.187 e. The Morgan fingerprint density at radius 2 is 0.681 bits per heavy atom. The Morgan fingerprint density at radius 3 is 1.11 bits per heavy atom. The first-order chi connectivity index (χ1) is 23.2. The van der Waals surface area contributed by atoms with Gasteiger partial charge in [-0.05, 0) is 32.1 Å². The Balaban J connectivity index is 3.07. The summed E-state index contributed by atoms with van der Waals surface area (Å²) >= 11 is 0. The molecule has 5 N–H and O–H groups in total. The molecule has 1 aliphatic heterocycles. The van der Waals surface area contributed by atoms with Crippen LogP contribution in [0.2, 0.25) is 0 Å². The fourth-order valence-corrected chi connectivity index (χ4v) is 4.33. The van der Waals surface area contributed by atoms with Crippen LogP contribution in [0.15, 0.2) is 0 Å². The van der Waals surface area contributed by atoms with E-state index in [-0.39, 0.29) is 92.5 Å². The lowest BCUT2D eigenvalue weighted by atomic mass is 9.98. The molecular weight excluding hydrogens is 628 g/mol. The molecule has 0 amide bonds. The van der Waals surface area contributed by atoms with Crippen molar-refractivity contribution >= 4 is 0 Å². The average molecular weight is 691 g/mol. The second-order valence-corrected chi connectivity index (χ2v) is 10.4. The minimum Gasteiger partial charge on any atom is -0.396 e. The predicted octanol–water partition coefficient (Wildman–Crippen LogP) is -1.10. The van der Waals surface area contributed by atoms with Crippen LogP contribution < -0.4 is 0 Å². The van der Waals surface area contributed by atoms with Gasteiger partial charge in [0, 0.05) is 66.1 Å². The van der Waals surface area contributed by atoms with Crippen molar-refractivity contribution in [2.24, 2.45) is 0 Å². The molecule has 0 radical (unpaired) electrons. The van der Waals surface area contributed by atoms with Gasteiger partial charge in [-0.25, -0.2) is 0 Å². The Bertz CT molecular complexity index is 636. The van der Waals surface area contributed by atoms with E-state index in [1.807, 2.05) is 0 Å². The maximum Gasteiger partial charge on any atom is 0.187 e. The summed E-state index contributed by atoms with van der Waals surface area (Å²) in [6.45, 7) is 4.89. The molecule has 282 valence electrons. The molecule has 0 aliphatic carbocycles. The fraction of sp³-hybridized carbons (Fsp3) is 1.00. The molecule has 1 saturated heterocycles. The van der Waals surface area contributed by atoms with Crippen LogP contribution in [0.3, 0.4) is 0 Å². The SMILES string of the molecule is OCCCOCCOC[C@H]1O[C@H](OCCOCCCO)[C@H](OCCOCCCO)[C@@H](OCCOCCCO)[C@@H]1OCCOCCCO. The third-order valence-electron chi connectivity index (χ3n) is 6.60. The summed E-state index contributed by atoms with van der Waals surface area (Å²) in [5.74, 6) is 0. The quantitative estimate of drug-likeness (QED) is 0.0495. The van der Waals surface area contributed by atoms with E-state index in [0.717, 1.165) is 0 Å². The van der Waals surface area contributed by atoms with E-state index in [2.05, 4.69) is 0 Å². The van der Waals surface area contributed by atoms with Gasteiger partial charge >= 0.3 is 0 Å². The van der Waals surface area contributed by atoms with Gasteiger partial charge in [-0.15, -0.1) is 0 Å². The minimum atomic E-state index is -0.885. The summed E-state index contributed by atoms with van der Waals surface area (Å²) in [5, 5.41) is 45.1. The van der Waals surface area contributed by atoms with E-state index in [4.69, 9.17) is 77.6 Å². The second-order valence-electron chi connectivity index (χ2n) is 10.4. The fourth-order valence-electron chi connectivity index (χ4n) is 4.33. The molecular formula is C31H62O16. The van der Waals surface area contributed by atoms with E-state index < -0.39 is 30.7 Å². The summed E-state index contributed by atoms with van der Waals surface area (Å²) in [6.07, 6.45) is -1.00. The van der Waals surface area contributed by atoms with E-state index in [0.29, 0.717) is 78.4 Å². The van der Waals surface area contributed by atoms with Gasteiger partial charge in [0.15, 0.2) is 6.29 Å². The lowest BCUT2D eigenvalue weighted by Gasteiger charge is -2.45. The van der Waals surface area contributed by atoms with Crippen molar-refractivity contribution in [1.29, 1.82) is 0 Å². The third kappa shape index (κ3) is 23.4. The van der Waals surface area contributed by atoms with Gasteiger partial charge in [-0.1, -0.05) is 0 Å². The van der Waals surface area contributed by atoms with Crippen molar-refractivity contribution in [3.63, 3.8) is 0 Å². The number of hydrogen-bond donors (Lipinski definition) is 5. The molecule has 16 heteroatoms. The Kier molecular flexibility index (Phi) is 32.0. The number of ether oxygens (including phenoxy) is 11. The topological polar surface area (TPSA) is 203 Å². The number of rotatable bonds is 36. The minimum absolute atomic E-state index is 0.0320. The molecule has 0 bridgehead atoms. The zero-order chi connectivity index (χ0) is 34.0. The zero-order valence-corrected chi connectivity index (χ0v) is 28.0. The standard InChI is InChI=1S/C31H62O16/c32-6-1-11-37-16-17-42-26-27-28(43-22-18-38-12-2-7-33)29(44-23-19-39-13-3-8-34)30(45-24-20-40-14-4-9-35)31(47-27)46-25-21-41-15-5-10-36/h27-36H,1-26H2/t27-,28-,29+,30-,31+/m1/s1. The summed E-state index contributed by atoms with van der Waals surface area (Å²) in [6, 6.07) is 0. The molecule has 0 spiro atoms. The van der Waals surface area contributed by atoms with Crippen LogP contribution in [0.25, 0.3) is 0 Å².